The van der Waals surface area contributed by atoms with Crippen molar-refractivity contribution < 1.29 is 23.9 Å². The van der Waals surface area contributed by atoms with Crippen molar-refractivity contribution in [3.63, 3.8) is 0 Å². The molecule has 160 valence electrons. The third-order valence-corrected chi connectivity index (χ3v) is 5.74. The van der Waals surface area contributed by atoms with Gasteiger partial charge < -0.3 is 9.64 Å². The largest absolute Gasteiger partial charge is 0.451 e. The molecule has 0 unspecified atom stereocenters. The lowest BCUT2D eigenvalue weighted by atomic mass is 10.0. The van der Waals surface area contributed by atoms with Crippen molar-refractivity contribution in [3.8, 4) is 0 Å². The maximum absolute atomic E-state index is 13.2. The van der Waals surface area contributed by atoms with Crippen molar-refractivity contribution in [3.05, 3.63) is 71.3 Å². The molecule has 2 aromatic rings. The first-order chi connectivity index (χ1) is 15.0. The average molecular weight is 420 g/mol. The highest BCUT2D eigenvalue weighted by atomic mass is 16.5. The fourth-order valence-electron chi connectivity index (χ4n) is 4.11. The summed E-state index contributed by atoms with van der Waals surface area (Å²) in [7, 11) is 0. The van der Waals surface area contributed by atoms with E-state index in [1.807, 2.05) is 30.3 Å². The van der Waals surface area contributed by atoms with Gasteiger partial charge in [-0.3, -0.25) is 19.3 Å². The van der Waals surface area contributed by atoms with E-state index in [1.165, 1.54) is 6.92 Å². The summed E-state index contributed by atoms with van der Waals surface area (Å²) in [4.78, 5) is 54.4. The van der Waals surface area contributed by atoms with Crippen molar-refractivity contribution in [1.82, 2.24) is 9.80 Å². The highest BCUT2D eigenvalue weighted by molar-refractivity contribution is 6.22. The zero-order chi connectivity index (χ0) is 22.0. The van der Waals surface area contributed by atoms with Gasteiger partial charge in [0.2, 0.25) is 0 Å². The summed E-state index contributed by atoms with van der Waals surface area (Å²) in [5.74, 6) is -2.08. The molecule has 2 aliphatic rings. The molecule has 0 aliphatic carbocycles. The molecule has 7 nitrogen and oxygen atoms in total. The van der Waals surface area contributed by atoms with Gasteiger partial charge in [-0.2, -0.15) is 0 Å². The van der Waals surface area contributed by atoms with Gasteiger partial charge in [0, 0.05) is 19.5 Å². The third kappa shape index (κ3) is 4.08. The van der Waals surface area contributed by atoms with Gasteiger partial charge in [0.25, 0.3) is 17.7 Å². The van der Waals surface area contributed by atoms with Crippen molar-refractivity contribution in [1.29, 1.82) is 0 Å². The van der Waals surface area contributed by atoms with Crippen LogP contribution >= 0.6 is 0 Å². The minimum atomic E-state index is -1.16. The summed E-state index contributed by atoms with van der Waals surface area (Å²) in [5, 5.41) is 0. The molecule has 1 fully saturated rings. The van der Waals surface area contributed by atoms with Gasteiger partial charge in [0.15, 0.2) is 6.10 Å². The molecule has 3 amide bonds. The monoisotopic (exact) mass is 420 g/mol. The molecule has 0 spiro atoms. The molecule has 0 bridgehead atoms. The van der Waals surface area contributed by atoms with Crippen LogP contribution in [0.4, 0.5) is 0 Å². The molecule has 0 aromatic heterocycles. The predicted molar refractivity (Wildman–Crippen MR) is 112 cm³/mol. The van der Waals surface area contributed by atoms with E-state index in [0.717, 1.165) is 23.3 Å². The molecule has 4 rings (SSSR count). The predicted octanol–water partition coefficient (Wildman–Crippen LogP) is 2.45. The summed E-state index contributed by atoms with van der Waals surface area (Å²) in [6.45, 7) is 2.82. The topological polar surface area (TPSA) is 84.0 Å². The molecule has 0 saturated carbocycles. The second-order valence-corrected chi connectivity index (χ2v) is 7.84. The minimum Gasteiger partial charge on any atom is -0.451 e. The van der Waals surface area contributed by atoms with E-state index in [-0.39, 0.29) is 23.5 Å². The van der Waals surface area contributed by atoms with Crippen molar-refractivity contribution >= 4 is 23.7 Å². The van der Waals surface area contributed by atoms with E-state index in [2.05, 4.69) is 0 Å². The first-order valence-corrected chi connectivity index (χ1v) is 10.5. The maximum atomic E-state index is 13.2. The molecule has 2 aromatic carbocycles. The zero-order valence-electron chi connectivity index (χ0n) is 17.3. The van der Waals surface area contributed by atoms with Gasteiger partial charge in [-0.15, -0.1) is 0 Å². The van der Waals surface area contributed by atoms with Crippen LogP contribution in [0.1, 0.15) is 46.0 Å². The summed E-state index contributed by atoms with van der Waals surface area (Å²) in [5.41, 5.74) is 1.30. The number of rotatable bonds is 6. The quantitative estimate of drug-likeness (QED) is 0.530. The number of esters is 1. The van der Waals surface area contributed by atoms with Crippen LogP contribution in [0.2, 0.25) is 0 Å². The Morgan fingerprint density at radius 3 is 2.03 bits per heavy atom. The molecular formula is C24H24N2O5. The number of hydrogen-bond acceptors (Lipinski definition) is 5. The Kier molecular flexibility index (Phi) is 5.84. The summed E-state index contributed by atoms with van der Waals surface area (Å²) in [6.07, 6.45) is 0.977. The SMILES string of the molecule is C[C@@H](OC(=O)[C@@H](Cc1ccccc1)N1C(=O)c2ccccc2C1=O)C(=O)N1CCCC1. The lowest BCUT2D eigenvalue weighted by molar-refractivity contribution is -0.161. The Hall–Kier alpha value is -3.48. The number of nitrogens with zero attached hydrogens (tertiary/aromatic N) is 2. The molecule has 0 radical (unpaired) electrons. The van der Waals surface area contributed by atoms with Crippen LogP contribution in [0.3, 0.4) is 0 Å². The Morgan fingerprint density at radius 2 is 1.45 bits per heavy atom. The second kappa shape index (κ2) is 8.71. The number of imide groups is 1. The molecular weight excluding hydrogens is 396 g/mol. The van der Waals surface area contributed by atoms with Crippen LogP contribution in [-0.2, 0) is 20.7 Å². The van der Waals surface area contributed by atoms with Crippen LogP contribution in [0.25, 0.3) is 0 Å². The van der Waals surface area contributed by atoms with Gasteiger partial charge >= 0.3 is 5.97 Å². The summed E-state index contributed by atoms with van der Waals surface area (Å²) < 4.78 is 5.49. The van der Waals surface area contributed by atoms with Crippen LogP contribution in [-0.4, -0.2) is 58.7 Å². The number of ether oxygens (including phenoxy) is 1. The first-order valence-electron chi connectivity index (χ1n) is 10.5. The Bertz CT molecular complexity index is 979. The molecule has 31 heavy (non-hydrogen) atoms. The van der Waals surface area contributed by atoms with E-state index in [4.69, 9.17) is 4.74 Å². The fraction of sp³-hybridized carbons (Fsp3) is 0.333. The molecule has 1 saturated heterocycles. The Labute approximate surface area is 180 Å². The second-order valence-electron chi connectivity index (χ2n) is 7.84. The third-order valence-electron chi connectivity index (χ3n) is 5.74. The van der Waals surface area contributed by atoms with Gasteiger partial charge in [0.05, 0.1) is 11.1 Å². The van der Waals surface area contributed by atoms with Crippen LogP contribution in [0.15, 0.2) is 54.6 Å². The molecule has 7 heteroatoms. The number of carbonyl (C=O) groups is 4. The van der Waals surface area contributed by atoms with Crippen LogP contribution in [0, 0.1) is 0 Å². The van der Waals surface area contributed by atoms with E-state index >= 15 is 0 Å². The van der Waals surface area contributed by atoms with E-state index in [0.29, 0.717) is 13.1 Å². The first kappa shape index (κ1) is 20.8. The number of likely N-dealkylation sites (tertiary alicyclic amines) is 1. The standard InChI is InChI=1S/C24H24N2O5/c1-16(21(27)25-13-7-8-14-25)31-24(30)20(15-17-9-3-2-4-10-17)26-22(28)18-11-5-6-12-19(18)23(26)29/h2-6,9-12,16,20H,7-8,13-15H2,1H3/t16-,20-/m1/s1. The van der Waals surface area contributed by atoms with Crippen molar-refractivity contribution in [2.24, 2.45) is 0 Å². The minimum absolute atomic E-state index is 0.107. The lowest BCUT2D eigenvalue weighted by Crippen LogP contribution is -2.49. The van der Waals surface area contributed by atoms with E-state index in [9.17, 15) is 19.2 Å². The van der Waals surface area contributed by atoms with Crippen LogP contribution < -0.4 is 0 Å². The van der Waals surface area contributed by atoms with Gasteiger partial charge in [-0.1, -0.05) is 42.5 Å². The summed E-state index contributed by atoms with van der Waals surface area (Å²) >= 11 is 0. The number of carbonyl (C=O) groups excluding carboxylic acids is 4. The Morgan fingerprint density at radius 1 is 0.903 bits per heavy atom. The van der Waals surface area contributed by atoms with E-state index in [1.54, 1.807) is 29.2 Å². The molecule has 2 atom stereocenters. The zero-order valence-corrected chi connectivity index (χ0v) is 17.3. The van der Waals surface area contributed by atoms with Gasteiger partial charge in [0.1, 0.15) is 6.04 Å². The Balaban J connectivity index is 1.59. The smallest absolute Gasteiger partial charge is 0.330 e. The van der Waals surface area contributed by atoms with Gasteiger partial charge in [-0.05, 0) is 37.5 Å². The lowest BCUT2D eigenvalue weighted by Gasteiger charge is -2.27. The number of benzene rings is 2. The van der Waals surface area contributed by atoms with Crippen LogP contribution in [0.5, 0.6) is 0 Å². The average Bonchev–Trinajstić information content (AvgIpc) is 3.40. The maximum Gasteiger partial charge on any atom is 0.330 e. The highest BCUT2D eigenvalue weighted by Gasteiger charge is 2.44. The van der Waals surface area contributed by atoms with E-state index < -0.39 is 29.9 Å². The van der Waals surface area contributed by atoms with Gasteiger partial charge in [-0.25, -0.2) is 4.79 Å². The molecule has 2 heterocycles. The normalized spacial score (nSPS) is 17.5. The van der Waals surface area contributed by atoms with Crippen molar-refractivity contribution in [2.75, 3.05) is 13.1 Å². The molecule has 2 aliphatic heterocycles. The number of amides is 3. The fourth-order valence-corrected chi connectivity index (χ4v) is 4.11. The summed E-state index contributed by atoms with van der Waals surface area (Å²) in [6, 6.07) is 14.4. The van der Waals surface area contributed by atoms with Crippen molar-refractivity contribution in [2.45, 2.75) is 38.3 Å². The highest BCUT2D eigenvalue weighted by Crippen LogP contribution is 2.27. The molecule has 0 N–H and O–H groups in total. The number of fused-ring (bicyclic) bond motifs is 1. The number of hydrogen-bond donors (Lipinski definition) is 0.